The van der Waals surface area contributed by atoms with Crippen molar-refractivity contribution < 1.29 is 19.0 Å². The Kier molecular flexibility index (Phi) is 5.54. The molecule has 5 aromatic rings. The van der Waals surface area contributed by atoms with E-state index in [1.54, 1.807) is 11.3 Å². The Hall–Kier alpha value is -4.36. The van der Waals surface area contributed by atoms with Crippen molar-refractivity contribution in [2.45, 2.75) is 6.54 Å². The molecule has 0 aliphatic carbocycles. The first kappa shape index (κ1) is 22.1. The van der Waals surface area contributed by atoms with E-state index in [1.165, 1.54) is 11.7 Å². The fourth-order valence-electron chi connectivity index (χ4n) is 4.63. The van der Waals surface area contributed by atoms with Gasteiger partial charge in [0.05, 0.1) is 13.7 Å². The molecule has 3 aromatic carbocycles. The number of hydrogen-bond donors (Lipinski definition) is 0. The van der Waals surface area contributed by atoms with E-state index in [1.807, 2.05) is 78.2 Å². The number of rotatable bonds is 5. The number of esters is 1. The van der Waals surface area contributed by atoms with E-state index in [4.69, 9.17) is 14.2 Å². The first-order chi connectivity index (χ1) is 17.6. The van der Waals surface area contributed by atoms with Crippen molar-refractivity contribution in [3.8, 4) is 33.8 Å². The highest BCUT2D eigenvalue weighted by Crippen LogP contribution is 2.36. The minimum Gasteiger partial charge on any atom is -0.464 e. The van der Waals surface area contributed by atoms with E-state index in [0.717, 1.165) is 22.3 Å². The van der Waals surface area contributed by atoms with Gasteiger partial charge in [0.25, 0.3) is 5.56 Å². The Balaban J connectivity index is 1.65. The summed E-state index contributed by atoms with van der Waals surface area (Å²) in [6.07, 6.45) is 0. The van der Waals surface area contributed by atoms with Crippen LogP contribution in [0.15, 0.2) is 88.4 Å². The molecule has 6 rings (SSSR count). The number of carbonyl (C=O) groups excluding carboxylic acids is 1. The summed E-state index contributed by atoms with van der Waals surface area (Å²) in [4.78, 5) is 27.2. The standard InChI is InChI=1S/C29H21NO5S/c1-33-29(32)27-26(19-5-3-2-4-6-19)23-14-20(21-11-12-36-16-21)8-9-22(23)28(31)30(27)15-18-7-10-24-25(13-18)35-17-34-24/h2-14,16H,15,17H2,1H3. The molecule has 178 valence electrons. The molecule has 1 aliphatic heterocycles. The summed E-state index contributed by atoms with van der Waals surface area (Å²) in [5.74, 6) is 0.697. The van der Waals surface area contributed by atoms with Crippen LogP contribution in [0.2, 0.25) is 0 Å². The molecule has 0 saturated carbocycles. The molecule has 0 amide bonds. The maximum absolute atomic E-state index is 13.9. The van der Waals surface area contributed by atoms with Gasteiger partial charge in [0.1, 0.15) is 5.69 Å². The minimum atomic E-state index is -0.575. The van der Waals surface area contributed by atoms with Gasteiger partial charge in [0, 0.05) is 10.9 Å². The van der Waals surface area contributed by atoms with Gasteiger partial charge >= 0.3 is 5.97 Å². The average Bonchev–Trinajstić information content (AvgIpc) is 3.62. The van der Waals surface area contributed by atoms with Gasteiger partial charge in [-0.15, -0.1) is 0 Å². The van der Waals surface area contributed by atoms with Crippen molar-refractivity contribution in [2.24, 2.45) is 0 Å². The summed E-state index contributed by atoms with van der Waals surface area (Å²) in [5, 5.41) is 5.31. The SMILES string of the molecule is COC(=O)c1c(-c2ccccc2)c2cc(-c3ccsc3)ccc2c(=O)n1Cc1ccc2c(c1)OCO2. The van der Waals surface area contributed by atoms with Gasteiger partial charge in [-0.25, -0.2) is 4.79 Å². The zero-order chi connectivity index (χ0) is 24.6. The van der Waals surface area contributed by atoms with Gasteiger partial charge in [-0.2, -0.15) is 11.3 Å². The molecule has 2 aromatic heterocycles. The zero-order valence-electron chi connectivity index (χ0n) is 19.4. The number of carbonyl (C=O) groups is 1. The van der Waals surface area contributed by atoms with Gasteiger partial charge in [-0.3, -0.25) is 9.36 Å². The number of methoxy groups -OCH3 is 1. The van der Waals surface area contributed by atoms with Crippen molar-refractivity contribution in [3.63, 3.8) is 0 Å². The van der Waals surface area contributed by atoms with Gasteiger partial charge in [-0.1, -0.05) is 42.5 Å². The summed E-state index contributed by atoms with van der Waals surface area (Å²) in [6.45, 7) is 0.328. The number of aromatic nitrogens is 1. The van der Waals surface area contributed by atoms with Gasteiger partial charge < -0.3 is 14.2 Å². The van der Waals surface area contributed by atoms with Gasteiger partial charge in [0.15, 0.2) is 11.5 Å². The Bertz CT molecular complexity index is 1660. The number of pyridine rings is 1. The lowest BCUT2D eigenvalue weighted by Crippen LogP contribution is -2.28. The molecule has 0 radical (unpaired) electrons. The summed E-state index contributed by atoms with van der Waals surface area (Å²) >= 11 is 1.61. The molecule has 7 heteroatoms. The molecule has 36 heavy (non-hydrogen) atoms. The van der Waals surface area contributed by atoms with Crippen molar-refractivity contribution in [3.05, 3.63) is 105 Å². The monoisotopic (exact) mass is 495 g/mol. The maximum Gasteiger partial charge on any atom is 0.355 e. The van der Waals surface area contributed by atoms with Crippen LogP contribution < -0.4 is 15.0 Å². The summed E-state index contributed by atoms with van der Waals surface area (Å²) in [7, 11) is 1.33. The largest absolute Gasteiger partial charge is 0.464 e. The molecule has 0 unspecified atom stereocenters. The lowest BCUT2D eigenvalue weighted by Gasteiger charge is -2.19. The quantitative estimate of drug-likeness (QED) is 0.282. The number of nitrogens with zero attached hydrogens (tertiary/aromatic N) is 1. The molecule has 1 aliphatic rings. The van der Waals surface area contributed by atoms with E-state index < -0.39 is 5.97 Å². The zero-order valence-corrected chi connectivity index (χ0v) is 20.2. The Labute approximate surface area is 210 Å². The van der Waals surface area contributed by atoms with Crippen LogP contribution in [0.3, 0.4) is 0 Å². The molecule has 0 N–H and O–H groups in total. The van der Waals surface area contributed by atoms with E-state index >= 15 is 0 Å². The second-order valence-electron chi connectivity index (χ2n) is 8.43. The van der Waals surface area contributed by atoms with Gasteiger partial charge in [0.2, 0.25) is 6.79 Å². The minimum absolute atomic E-state index is 0.159. The Morgan fingerprint density at radius 3 is 2.53 bits per heavy atom. The molecule has 0 bridgehead atoms. The van der Waals surface area contributed by atoms with Crippen LogP contribution in [-0.2, 0) is 11.3 Å². The summed E-state index contributed by atoms with van der Waals surface area (Å²) in [6, 6.07) is 23.0. The molecular formula is C29H21NO5S. The Morgan fingerprint density at radius 2 is 1.75 bits per heavy atom. The number of fused-ring (bicyclic) bond motifs is 2. The van der Waals surface area contributed by atoms with Crippen molar-refractivity contribution in [1.82, 2.24) is 4.57 Å². The first-order valence-electron chi connectivity index (χ1n) is 11.4. The average molecular weight is 496 g/mol. The third kappa shape index (κ3) is 3.74. The van der Waals surface area contributed by atoms with Crippen molar-refractivity contribution in [1.29, 1.82) is 0 Å². The molecule has 0 spiro atoms. The van der Waals surface area contributed by atoms with E-state index in [-0.39, 0.29) is 24.6 Å². The van der Waals surface area contributed by atoms with E-state index in [0.29, 0.717) is 27.8 Å². The summed E-state index contributed by atoms with van der Waals surface area (Å²) < 4.78 is 17.7. The summed E-state index contributed by atoms with van der Waals surface area (Å²) in [5.41, 5.74) is 4.27. The number of ether oxygens (including phenoxy) is 3. The van der Waals surface area contributed by atoms with Crippen LogP contribution in [0.4, 0.5) is 0 Å². The fourth-order valence-corrected chi connectivity index (χ4v) is 5.30. The number of hydrogen-bond acceptors (Lipinski definition) is 6. The highest BCUT2D eigenvalue weighted by Gasteiger charge is 2.25. The first-order valence-corrected chi connectivity index (χ1v) is 12.3. The molecule has 6 nitrogen and oxygen atoms in total. The molecule has 0 atom stereocenters. The fraction of sp³-hybridized carbons (Fsp3) is 0.103. The van der Waals surface area contributed by atoms with E-state index in [9.17, 15) is 9.59 Å². The third-order valence-electron chi connectivity index (χ3n) is 6.34. The van der Waals surface area contributed by atoms with Crippen LogP contribution in [-0.4, -0.2) is 24.4 Å². The molecule has 0 saturated heterocycles. The van der Waals surface area contributed by atoms with Crippen LogP contribution >= 0.6 is 11.3 Å². The second kappa shape index (κ2) is 9.02. The molecular weight excluding hydrogens is 474 g/mol. The highest BCUT2D eigenvalue weighted by atomic mass is 32.1. The van der Waals surface area contributed by atoms with Crippen LogP contribution in [0.5, 0.6) is 11.5 Å². The predicted octanol–water partition coefficient (Wildman–Crippen LogP) is 5.96. The van der Waals surface area contributed by atoms with Crippen molar-refractivity contribution >= 4 is 28.1 Å². The lowest BCUT2D eigenvalue weighted by atomic mass is 9.94. The molecule has 0 fully saturated rings. The smallest absolute Gasteiger partial charge is 0.355 e. The Morgan fingerprint density at radius 1 is 0.917 bits per heavy atom. The molecule has 3 heterocycles. The van der Waals surface area contributed by atoms with Crippen molar-refractivity contribution in [2.75, 3.05) is 13.9 Å². The van der Waals surface area contributed by atoms with E-state index in [2.05, 4.69) is 5.38 Å². The van der Waals surface area contributed by atoms with Crippen LogP contribution in [0.1, 0.15) is 16.1 Å². The normalized spacial score (nSPS) is 12.1. The van der Waals surface area contributed by atoms with Crippen LogP contribution in [0, 0.1) is 0 Å². The third-order valence-corrected chi connectivity index (χ3v) is 7.03. The van der Waals surface area contributed by atoms with Crippen LogP contribution in [0.25, 0.3) is 33.0 Å². The predicted molar refractivity (Wildman–Crippen MR) is 140 cm³/mol. The lowest BCUT2D eigenvalue weighted by molar-refractivity contribution is 0.0588. The topological polar surface area (TPSA) is 66.8 Å². The number of thiophene rings is 1. The second-order valence-corrected chi connectivity index (χ2v) is 9.21. The number of benzene rings is 3. The highest BCUT2D eigenvalue weighted by molar-refractivity contribution is 7.08. The van der Waals surface area contributed by atoms with Gasteiger partial charge in [-0.05, 0) is 68.7 Å². The maximum atomic E-state index is 13.9.